The molecule has 0 spiro atoms. The summed E-state index contributed by atoms with van der Waals surface area (Å²) in [5.74, 6) is -2.75. The molecule has 1 aromatic carbocycles. The lowest BCUT2D eigenvalue weighted by molar-refractivity contribution is 0.0456. The molecule has 0 radical (unpaired) electrons. The van der Waals surface area contributed by atoms with Gasteiger partial charge in [0.05, 0.1) is 0 Å². The molecule has 200 valence electrons. The number of carbonyl (C=O) groups excluding carboxylic acids is 2. The number of pyridine rings is 1. The lowest BCUT2D eigenvalue weighted by Gasteiger charge is -2.42. The lowest BCUT2D eigenvalue weighted by atomic mass is 9.83. The number of halogens is 2. The van der Waals surface area contributed by atoms with Gasteiger partial charge in [-0.3, -0.25) is 14.4 Å². The van der Waals surface area contributed by atoms with Crippen molar-refractivity contribution in [1.29, 1.82) is 0 Å². The fourth-order valence-corrected chi connectivity index (χ4v) is 5.31. The van der Waals surface area contributed by atoms with Crippen LogP contribution in [0, 0.1) is 23.5 Å². The first-order chi connectivity index (χ1) is 17.7. The highest BCUT2D eigenvalue weighted by Crippen LogP contribution is 2.32. The van der Waals surface area contributed by atoms with Gasteiger partial charge in [-0.15, -0.1) is 0 Å². The summed E-state index contributed by atoms with van der Waals surface area (Å²) in [4.78, 5) is 40.8. The van der Waals surface area contributed by atoms with Gasteiger partial charge in [0.25, 0.3) is 11.8 Å². The van der Waals surface area contributed by atoms with Crippen LogP contribution in [0.3, 0.4) is 0 Å². The van der Waals surface area contributed by atoms with Crippen molar-refractivity contribution < 1.29 is 23.5 Å². The fourth-order valence-electron chi connectivity index (χ4n) is 5.31. The van der Waals surface area contributed by atoms with E-state index in [9.17, 15) is 28.3 Å². The van der Waals surface area contributed by atoms with Gasteiger partial charge in [0.2, 0.25) is 5.43 Å². The third kappa shape index (κ3) is 5.84. The van der Waals surface area contributed by atoms with Crippen LogP contribution in [-0.2, 0) is 13.1 Å². The Labute approximate surface area is 214 Å². The largest absolute Gasteiger partial charge is 0.503 e. The van der Waals surface area contributed by atoms with Gasteiger partial charge in [-0.2, -0.15) is 0 Å². The molecule has 0 saturated heterocycles. The third-order valence-corrected chi connectivity index (χ3v) is 7.23. The predicted octanol–water partition coefficient (Wildman–Crippen LogP) is 3.02. The van der Waals surface area contributed by atoms with Gasteiger partial charge in [-0.25, -0.2) is 8.78 Å². The zero-order chi connectivity index (χ0) is 26.7. The Bertz CT molecular complexity index is 1230. The Hall–Kier alpha value is -3.27. The predicted molar refractivity (Wildman–Crippen MR) is 134 cm³/mol. The van der Waals surface area contributed by atoms with Crippen LogP contribution in [0.1, 0.15) is 65.9 Å². The smallest absolute Gasteiger partial charge is 0.274 e. The summed E-state index contributed by atoms with van der Waals surface area (Å²) in [7, 11) is 0. The van der Waals surface area contributed by atoms with E-state index in [4.69, 9.17) is 0 Å². The van der Waals surface area contributed by atoms with E-state index in [1.165, 1.54) is 16.8 Å². The summed E-state index contributed by atoms with van der Waals surface area (Å²) in [6.07, 6.45) is 5.26. The number of amides is 2. The van der Waals surface area contributed by atoms with Gasteiger partial charge in [0.1, 0.15) is 17.2 Å². The molecule has 2 amide bonds. The molecule has 0 unspecified atom stereocenters. The highest BCUT2D eigenvalue weighted by atomic mass is 19.1. The highest BCUT2D eigenvalue weighted by Gasteiger charge is 2.38. The number of aromatic hydroxyl groups is 1. The molecule has 0 bridgehead atoms. The zero-order valence-corrected chi connectivity index (χ0v) is 21.2. The highest BCUT2D eigenvalue weighted by molar-refractivity contribution is 5.99. The summed E-state index contributed by atoms with van der Waals surface area (Å²) in [5.41, 5.74) is -1.37. The third-order valence-electron chi connectivity index (χ3n) is 7.23. The second-order valence-electron chi connectivity index (χ2n) is 10.3. The molecule has 2 aromatic rings. The Morgan fingerprint density at radius 2 is 1.92 bits per heavy atom. The van der Waals surface area contributed by atoms with E-state index < -0.39 is 34.6 Å². The average Bonchev–Trinajstić information content (AvgIpc) is 2.86. The second-order valence-corrected chi connectivity index (χ2v) is 10.3. The standard InChI is InChI=1S/C27H34F2N4O4/c1-16(2)12-30-13-18-5-3-4-6-22(18)33-10-9-32-15-20(24(34)25(35)23(32)27(33)37)26(36)31-14-17-7-8-19(28)11-21(17)29/h7-8,11,15-16,18,22,30,35H,3-6,9-10,12-14H2,1-2H3,(H,31,36)/t18-,22-/m0/s1. The van der Waals surface area contributed by atoms with E-state index in [0.717, 1.165) is 44.8 Å². The zero-order valence-electron chi connectivity index (χ0n) is 21.2. The van der Waals surface area contributed by atoms with Crippen molar-refractivity contribution in [3.05, 3.63) is 63.1 Å². The van der Waals surface area contributed by atoms with Gasteiger partial charge in [0, 0.05) is 43.5 Å². The summed E-state index contributed by atoms with van der Waals surface area (Å²) in [6.45, 7) is 6.45. The second kappa shape index (κ2) is 11.4. The van der Waals surface area contributed by atoms with Gasteiger partial charge in [0.15, 0.2) is 11.4 Å². The molecule has 1 aromatic heterocycles. The number of benzene rings is 1. The summed E-state index contributed by atoms with van der Waals surface area (Å²) >= 11 is 0. The quantitative estimate of drug-likeness (QED) is 0.501. The van der Waals surface area contributed by atoms with Gasteiger partial charge in [-0.1, -0.05) is 32.8 Å². The molecule has 8 nitrogen and oxygen atoms in total. The topological polar surface area (TPSA) is 104 Å². The maximum absolute atomic E-state index is 13.9. The van der Waals surface area contributed by atoms with Crippen molar-refractivity contribution in [3.8, 4) is 5.75 Å². The van der Waals surface area contributed by atoms with E-state index in [1.807, 2.05) is 0 Å². The molecule has 4 rings (SSSR count). The Morgan fingerprint density at radius 1 is 1.16 bits per heavy atom. The molecule has 10 heteroatoms. The molecule has 37 heavy (non-hydrogen) atoms. The number of fused-ring (bicyclic) bond motifs is 1. The van der Waals surface area contributed by atoms with Gasteiger partial charge < -0.3 is 25.2 Å². The van der Waals surface area contributed by atoms with Crippen LogP contribution in [0.4, 0.5) is 8.78 Å². The summed E-state index contributed by atoms with van der Waals surface area (Å²) in [5, 5.41) is 16.6. The summed E-state index contributed by atoms with van der Waals surface area (Å²) < 4.78 is 28.5. The first-order valence-corrected chi connectivity index (χ1v) is 12.9. The minimum absolute atomic E-state index is 0.0118. The van der Waals surface area contributed by atoms with Crippen molar-refractivity contribution in [2.45, 2.75) is 58.7 Å². The fraction of sp³-hybridized carbons (Fsp3) is 0.519. The van der Waals surface area contributed by atoms with Crippen LogP contribution < -0.4 is 16.1 Å². The molecule has 2 heterocycles. The molecule has 2 atom stereocenters. The van der Waals surface area contributed by atoms with Crippen LogP contribution in [0.25, 0.3) is 0 Å². The van der Waals surface area contributed by atoms with E-state index >= 15 is 0 Å². The van der Waals surface area contributed by atoms with Crippen LogP contribution in [0.2, 0.25) is 0 Å². The monoisotopic (exact) mass is 516 g/mol. The number of aromatic nitrogens is 1. The van der Waals surface area contributed by atoms with Crippen LogP contribution in [0.15, 0.2) is 29.2 Å². The van der Waals surface area contributed by atoms with Crippen molar-refractivity contribution >= 4 is 11.8 Å². The van der Waals surface area contributed by atoms with Crippen LogP contribution in [0.5, 0.6) is 5.75 Å². The Kier molecular flexibility index (Phi) is 8.26. The van der Waals surface area contributed by atoms with Crippen molar-refractivity contribution in [1.82, 2.24) is 20.1 Å². The number of hydrogen-bond acceptors (Lipinski definition) is 5. The number of nitrogens with one attached hydrogen (secondary N) is 2. The number of carbonyl (C=O) groups is 2. The molecule has 1 aliphatic heterocycles. The molecule has 1 saturated carbocycles. The average molecular weight is 517 g/mol. The first kappa shape index (κ1) is 26.8. The number of nitrogens with zero attached hydrogens (tertiary/aromatic N) is 2. The maximum Gasteiger partial charge on any atom is 0.274 e. The molecule has 1 fully saturated rings. The number of hydrogen-bond donors (Lipinski definition) is 3. The Balaban J connectivity index is 1.51. The van der Waals surface area contributed by atoms with Gasteiger partial charge >= 0.3 is 0 Å². The minimum atomic E-state index is -0.961. The molecular formula is C27H34F2N4O4. The maximum atomic E-state index is 13.9. The first-order valence-electron chi connectivity index (χ1n) is 12.9. The van der Waals surface area contributed by atoms with Gasteiger partial charge in [-0.05, 0) is 43.8 Å². The molecule has 1 aliphatic carbocycles. The van der Waals surface area contributed by atoms with Crippen molar-refractivity contribution in [3.63, 3.8) is 0 Å². The normalized spacial score (nSPS) is 19.7. The van der Waals surface area contributed by atoms with E-state index in [-0.39, 0.29) is 35.3 Å². The molecule has 3 N–H and O–H groups in total. The van der Waals surface area contributed by atoms with E-state index in [1.54, 1.807) is 4.90 Å². The van der Waals surface area contributed by atoms with Crippen LogP contribution in [-0.4, -0.2) is 52.1 Å². The van der Waals surface area contributed by atoms with Crippen molar-refractivity contribution in [2.24, 2.45) is 11.8 Å². The van der Waals surface area contributed by atoms with E-state index in [0.29, 0.717) is 25.1 Å². The molecular weight excluding hydrogens is 482 g/mol. The Morgan fingerprint density at radius 3 is 2.65 bits per heavy atom. The molecule has 2 aliphatic rings. The van der Waals surface area contributed by atoms with Crippen LogP contribution >= 0.6 is 0 Å². The van der Waals surface area contributed by atoms with Crippen molar-refractivity contribution in [2.75, 3.05) is 19.6 Å². The SMILES string of the molecule is CC(C)CNC[C@@H]1CCCC[C@@H]1N1CCn2cc(C(=O)NCc3ccc(F)cc3F)c(=O)c(O)c2C1=O. The lowest BCUT2D eigenvalue weighted by Crippen LogP contribution is -2.53. The summed E-state index contributed by atoms with van der Waals surface area (Å²) in [6, 6.07) is 2.98. The number of rotatable bonds is 8. The van der Waals surface area contributed by atoms with E-state index in [2.05, 4.69) is 24.5 Å². The minimum Gasteiger partial charge on any atom is -0.503 e.